The minimum absolute atomic E-state index is 0.775. The molecule has 1 aromatic rings. The van der Waals surface area contributed by atoms with Gasteiger partial charge in [-0.25, -0.2) is 0 Å². The molecular weight excluding hydrogens is 217 g/mol. The fraction of sp³-hybridized carbons (Fsp3) is 0.455. The Morgan fingerprint density at radius 2 is 1.64 bits per heavy atom. The van der Waals surface area contributed by atoms with E-state index >= 15 is 0 Å². The van der Waals surface area contributed by atoms with Crippen molar-refractivity contribution in [3.8, 4) is 0 Å². The van der Waals surface area contributed by atoms with Gasteiger partial charge in [0.25, 0.3) is 0 Å². The second kappa shape index (κ2) is 5.01. The molecule has 0 radical (unpaired) electrons. The van der Waals surface area contributed by atoms with E-state index in [-0.39, 0.29) is 0 Å². The van der Waals surface area contributed by atoms with E-state index in [9.17, 15) is 0 Å². The molecule has 1 rings (SSSR count). The first kappa shape index (κ1) is 11.8. The van der Waals surface area contributed by atoms with Crippen molar-refractivity contribution in [3.63, 3.8) is 0 Å². The molecule has 0 fully saturated rings. The highest BCUT2D eigenvalue weighted by molar-refractivity contribution is 6.36. The van der Waals surface area contributed by atoms with E-state index in [0.29, 0.717) is 0 Å². The van der Waals surface area contributed by atoms with Gasteiger partial charge in [0.1, 0.15) is 0 Å². The van der Waals surface area contributed by atoms with Crippen LogP contribution in [0.1, 0.15) is 18.1 Å². The third-order valence-electron chi connectivity index (χ3n) is 2.05. The van der Waals surface area contributed by atoms with Crippen molar-refractivity contribution in [1.29, 1.82) is 0 Å². The fourth-order valence-corrected chi connectivity index (χ4v) is 2.25. The minimum Gasteiger partial charge on any atom is -0.305 e. The average molecular weight is 232 g/mol. The first-order valence-corrected chi connectivity index (χ1v) is 5.41. The van der Waals surface area contributed by atoms with Crippen LogP contribution in [-0.2, 0) is 13.0 Å². The molecule has 0 N–H and O–H groups in total. The van der Waals surface area contributed by atoms with Gasteiger partial charge in [-0.1, -0.05) is 30.1 Å². The molecule has 0 aliphatic rings. The van der Waals surface area contributed by atoms with Crippen molar-refractivity contribution >= 4 is 23.2 Å². The van der Waals surface area contributed by atoms with Gasteiger partial charge in [0.2, 0.25) is 0 Å². The Labute approximate surface area is 95.6 Å². The van der Waals surface area contributed by atoms with Crippen molar-refractivity contribution in [2.24, 2.45) is 0 Å². The minimum atomic E-state index is 0.775. The summed E-state index contributed by atoms with van der Waals surface area (Å²) in [5.41, 5.74) is 2.19. The molecule has 0 bridgehead atoms. The van der Waals surface area contributed by atoms with E-state index in [1.54, 1.807) is 0 Å². The van der Waals surface area contributed by atoms with Gasteiger partial charge >= 0.3 is 0 Å². The average Bonchev–Trinajstić information content (AvgIpc) is 2.01. The summed E-state index contributed by atoms with van der Waals surface area (Å²) in [6.07, 6.45) is 0.875. The summed E-state index contributed by atoms with van der Waals surface area (Å²) in [6.45, 7) is 2.92. The normalized spacial score (nSPS) is 11.0. The summed E-state index contributed by atoms with van der Waals surface area (Å²) < 4.78 is 0. The van der Waals surface area contributed by atoms with E-state index < -0.39 is 0 Å². The van der Waals surface area contributed by atoms with Gasteiger partial charge in [0.05, 0.1) is 0 Å². The Hall–Kier alpha value is -0.240. The Morgan fingerprint density at radius 1 is 1.14 bits per heavy atom. The van der Waals surface area contributed by atoms with Crippen LogP contribution in [0.3, 0.4) is 0 Å². The van der Waals surface area contributed by atoms with Crippen molar-refractivity contribution in [3.05, 3.63) is 33.3 Å². The quantitative estimate of drug-likeness (QED) is 0.769. The molecule has 0 atom stereocenters. The molecule has 1 nitrogen and oxygen atoms in total. The first-order valence-electron chi connectivity index (χ1n) is 4.66. The number of nitrogens with zero attached hydrogens (tertiary/aromatic N) is 1. The van der Waals surface area contributed by atoms with Crippen molar-refractivity contribution in [2.45, 2.75) is 19.9 Å². The van der Waals surface area contributed by atoms with Crippen LogP contribution in [0.4, 0.5) is 0 Å². The summed E-state index contributed by atoms with van der Waals surface area (Å²) in [4.78, 5) is 2.09. The van der Waals surface area contributed by atoms with Crippen LogP contribution < -0.4 is 0 Å². The molecule has 0 spiro atoms. The lowest BCUT2D eigenvalue weighted by molar-refractivity contribution is 0.402. The van der Waals surface area contributed by atoms with Gasteiger partial charge in [0.15, 0.2) is 0 Å². The Kier molecular flexibility index (Phi) is 4.24. The van der Waals surface area contributed by atoms with Gasteiger partial charge in [-0.05, 0) is 43.8 Å². The van der Waals surface area contributed by atoms with Crippen molar-refractivity contribution < 1.29 is 0 Å². The molecule has 0 saturated heterocycles. The standard InChI is InChI=1S/C11H15Cl2N/c1-4-9-10(12)5-8(6-11(9)13)7-14(2)3/h5-6H,4,7H2,1-3H3. The van der Waals surface area contributed by atoms with Gasteiger partial charge < -0.3 is 4.90 Å². The van der Waals surface area contributed by atoms with Crippen LogP contribution in [-0.4, -0.2) is 19.0 Å². The molecule has 0 aromatic heterocycles. The number of hydrogen-bond donors (Lipinski definition) is 0. The van der Waals surface area contributed by atoms with E-state index in [1.807, 2.05) is 26.2 Å². The van der Waals surface area contributed by atoms with Crippen LogP contribution in [0.2, 0.25) is 10.0 Å². The molecule has 0 saturated carbocycles. The van der Waals surface area contributed by atoms with Crippen LogP contribution in [0.15, 0.2) is 12.1 Å². The first-order chi connectivity index (χ1) is 6.54. The topological polar surface area (TPSA) is 3.24 Å². The number of hydrogen-bond acceptors (Lipinski definition) is 1. The summed E-state index contributed by atoms with van der Waals surface area (Å²) >= 11 is 12.2. The molecule has 0 heterocycles. The highest BCUT2D eigenvalue weighted by Gasteiger charge is 2.06. The number of halogens is 2. The van der Waals surface area contributed by atoms with Gasteiger partial charge in [-0.3, -0.25) is 0 Å². The highest BCUT2D eigenvalue weighted by Crippen LogP contribution is 2.27. The zero-order chi connectivity index (χ0) is 10.7. The zero-order valence-corrected chi connectivity index (χ0v) is 10.3. The lowest BCUT2D eigenvalue weighted by Crippen LogP contribution is -2.10. The maximum absolute atomic E-state index is 6.12. The summed E-state index contributed by atoms with van der Waals surface area (Å²) in [5, 5.41) is 1.55. The Bertz CT molecular complexity index is 298. The van der Waals surface area contributed by atoms with Gasteiger partial charge in [-0.15, -0.1) is 0 Å². The second-order valence-corrected chi connectivity index (χ2v) is 4.44. The second-order valence-electron chi connectivity index (χ2n) is 3.63. The summed E-state index contributed by atoms with van der Waals surface area (Å²) in [6, 6.07) is 3.98. The lowest BCUT2D eigenvalue weighted by atomic mass is 10.1. The third-order valence-corrected chi connectivity index (χ3v) is 2.73. The zero-order valence-electron chi connectivity index (χ0n) is 8.77. The molecule has 0 unspecified atom stereocenters. The van der Waals surface area contributed by atoms with Crippen molar-refractivity contribution in [2.75, 3.05) is 14.1 Å². The monoisotopic (exact) mass is 231 g/mol. The van der Waals surface area contributed by atoms with Crippen molar-refractivity contribution in [1.82, 2.24) is 4.90 Å². The molecule has 0 aliphatic carbocycles. The largest absolute Gasteiger partial charge is 0.305 e. The summed E-state index contributed by atoms with van der Waals surface area (Å²) in [7, 11) is 4.05. The maximum Gasteiger partial charge on any atom is 0.0455 e. The molecule has 0 amide bonds. The van der Waals surface area contributed by atoms with Crippen LogP contribution in [0, 0.1) is 0 Å². The Morgan fingerprint density at radius 3 is 2.00 bits per heavy atom. The van der Waals surface area contributed by atoms with Gasteiger partial charge in [-0.2, -0.15) is 0 Å². The van der Waals surface area contributed by atoms with E-state index in [2.05, 4.69) is 11.8 Å². The molecule has 14 heavy (non-hydrogen) atoms. The van der Waals surface area contributed by atoms with E-state index in [1.165, 1.54) is 0 Å². The Balaban J connectivity index is 3.01. The van der Waals surface area contributed by atoms with E-state index in [0.717, 1.165) is 34.1 Å². The van der Waals surface area contributed by atoms with Gasteiger partial charge in [0, 0.05) is 16.6 Å². The smallest absolute Gasteiger partial charge is 0.0455 e. The third kappa shape index (κ3) is 2.88. The fourth-order valence-electron chi connectivity index (χ4n) is 1.45. The predicted octanol–water partition coefficient (Wildman–Crippen LogP) is 3.62. The SMILES string of the molecule is CCc1c(Cl)cc(CN(C)C)cc1Cl. The molecule has 3 heteroatoms. The predicted molar refractivity (Wildman–Crippen MR) is 63.2 cm³/mol. The molecular formula is C11H15Cl2N. The lowest BCUT2D eigenvalue weighted by Gasteiger charge is -2.12. The van der Waals surface area contributed by atoms with Crippen LogP contribution in [0.5, 0.6) is 0 Å². The number of benzene rings is 1. The van der Waals surface area contributed by atoms with Crippen LogP contribution >= 0.6 is 23.2 Å². The molecule has 1 aromatic carbocycles. The van der Waals surface area contributed by atoms with E-state index in [4.69, 9.17) is 23.2 Å². The highest BCUT2D eigenvalue weighted by atomic mass is 35.5. The number of rotatable bonds is 3. The molecule has 78 valence electrons. The maximum atomic E-state index is 6.12. The van der Waals surface area contributed by atoms with Crippen LogP contribution in [0.25, 0.3) is 0 Å². The molecule has 0 aliphatic heterocycles. The summed E-state index contributed by atoms with van der Waals surface area (Å²) in [5.74, 6) is 0.